The maximum atomic E-state index is 10.5. The molecule has 2 nitrogen and oxygen atoms in total. The van der Waals surface area contributed by atoms with E-state index in [0.717, 1.165) is 31.5 Å². The molecule has 15 heavy (non-hydrogen) atoms. The van der Waals surface area contributed by atoms with Crippen molar-refractivity contribution in [2.24, 2.45) is 0 Å². The summed E-state index contributed by atoms with van der Waals surface area (Å²) in [5.74, 6) is 0. The molecule has 0 spiro atoms. The van der Waals surface area contributed by atoms with E-state index in [1.165, 1.54) is 0 Å². The second-order valence-corrected chi connectivity index (χ2v) is 5.75. The maximum absolute atomic E-state index is 10.5. The SMILES string of the molecule is OC1(c2cccc(Cl)c2)CCN(I)CC1. The molecule has 0 bridgehead atoms. The Labute approximate surface area is 109 Å². The lowest BCUT2D eigenvalue weighted by molar-refractivity contribution is -0.00524. The zero-order valence-corrected chi connectivity index (χ0v) is 11.2. The van der Waals surface area contributed by atoms with Crippen LogP contribution in [0, 0.1) is 0 Å². The number of hydrogen-bond donors (Lipinski definition) is 1. The maximum Gasteiger partial charge on any atom is 0.0922 e. The van der Waals surface area contributed by atoms with Crippen molar-refractivity contribution >= 4 is 34.5 Å². The van der Waals surface area contributed by atoms with Crippen molar-refractivity contribution in [3.05, 3.63) is 34.9 Å². The highest BCUT2D eigenvalue weighted by Crippen LogP contribution is 2.34. The van der Waals surface area contributed by atoms with Gasteiger partial charge in [0.25, 0.3) is 0 Å². The topological polar surface area (TPSA) is 23.5 Å². The molecule has 1 aliphatic rings. The van der Waals surface area contributed by atoms with Gasteiger partial charge in [0.05, 0.1) is 5.60 Å². The van der Waals surface area contributed by atoms with Gasteiger partial charge in [-0.25, -0.2) is 3.11 Å². The molecule has 82 valence electrons. The van der Waals surface area contributed by atoms with Gasteiger partial charge in [-0.3, -0.25) is 0 Å². The first-order valence-corrected chi connectivity index (χ1v) is 6.34. The summed E-state index contributed by atoms with van der Waals surface area (Å²) in [5.41, 5.74) is 0.256. The summed E-state index contributed by atoms with van der Waals surface area (Å²) in [5, 5.41) is 11.2. The summed E-state index contributed by atoms with van der Waals surface area (Å²) >= 11 is 8.23. The molecule has 1 aliphatic heterocycles. The third kappa shape index (κ3) is 2.64. The zero-order chi connectivity index (χ0) is 10.9. The molecule has 1 fully saturated rings. The summed E-state index contributed by atoms with van der Waals surface area (Å²) in [6.45, 7) is 1.84. The fourth-order valence-corrected chi connectivity index (χ4v) is 2.59. The number of benzene rings is 1. The lowest BCUT2D eigenvalue weighted by Gasteiger charge is -2.36. The average Bonchev–Trinajstić information content (AvgIpc) is 2.23. The van der Waals surface area contributed by atoms with Gasteiger partial charge in [-0.15, -0.1) is 0 Å². The number of piperidine rings is 1. The van der Waals surface area contributed by atoms with Gasteiger partial charge in [0, 0.05) is 41.0 Å². The second kappa shape index (κ2) is 4.57. The molecule has 4 heteroatoms. The Balaban J connectivity index is 2.22. The first-order chi connectivity index (χ1) is 7.10. The predicted molar refractivity (Wildman–Crippen MR) is 70.2 cm³/mol. The molecular formula is C11H13ClINO. The van der Waals surface area contributed by atoms with Crippen molar-refractivity contribution in [2.75, 3.05) is 13.1 Å². The quantitative estimate of drug-likeness (QED) is 0.629. The lowest BCUT2D eigenvalue weighted by atomic mass is 9.85. The first-order valence-electron chi connectivity index (χ1n) is 4.99. The normalized spacial score (nSPS) is 21.5. The Bertz CT molecular complexity index is 350. The van der Waals surface area contributed by atoms with Crippen LogP contribution in [-0.4, -0.2) is 21.3 Å². The van der Waals surface area contributed by atoms with E-state index >= 15 is 0 Å². The lowest BCUT2D eigenvalue weighted by Crippen LogP contribution is -2.38. The number of halogens is 2. The highest BCUT2D eigenvalue weighted by atomic mass is 127. The zero-order valence-electron chi connectivity index (χ0n) is 8.29. The van der Waals surface area contributed by atoms with Gasteiger partial charge in [-0.1, -0.05) is 23.7 Å². The van der Waals surface area contributed by atoms with E-state index in [-0.39, 0.29) is 0 Å². The molecule has 0 radical (unpaired) electrons. The Morgan fingerprint density at radius 1 is 1.33 bits per heavy atom. The summed E-state index contributed by atoms with van der Waals surface area (Å²) in [6.07, 6.45) is 1.55. The molecule has 0 saturated carbocycles. The Kier molecular flexibility index (Phi) is 3.55. The molecule has 2 rings (SSSR count). The predicted octanol–water partition coefficient (Wildman–Crippen LogP) is 2.97. The molecule has 0 unspecified atom stereocenters. The molecule has 1 heterocycles. The fraction of sp³-hybridized carbons (Fsp3) is 0.455. The molecule has 0 atom stereocenters. The van der Waals surface area contributed by atoms with E-state index in [1.807, 2.05) is 24.3 Å². The van der Waals surface area contributed by atoms with Crippen LogP contribution in [0.5, 0.6) is 0 Å². The Morgan fingerprint density at radius 2 is 2.00 bits per heavy atom. The summed E-state index contributed by atoms with van der Waals surface area (Å²) < 4.78 is 2.21. The van der Waals surface area contributed by atoms with Gasteiger partial charge in [-0.2, -0.15) is 0 Å². The van der Waals surface area contributed by atoms with Gasteiger partial charge in [0.1, 0.15) is 0 Å². The van der Waals surface area contributed by atoms with E-state index < -0.39 is 5.60 Å². The van der Waals surface area contributed by atoms with Crippen molar-refractivity contribution in [2.45, 2.75) is 18.4 Å². The first kappa shape index (κ1) is 11.6. The van der Waals surface area contributed by atoms with Gasteiger partial charge in [-0.05, 0) is 30.5 Å². The van der Waals surface area contributed by atoms with Gasteiger partial charge >= 0.3 is 0 Å². The molecule has 1 aromatic rings. The molecule has 1 aromatic carbocycles. The highest BCUT2D eigenvalue weighted by molar-refractivity contribution is 14.1. The number of aliphatic hydroxyl groups is 1. The molecule has 1 N–H and O–H groups in total. The van der Waals surface area contributed by atoms with Crippen LogP contribution in [0.3, 0.4) is 0 Å². The third-order valence-corrected chi connectivity index (χ3v) is 4.10. The van der Waals surface area contributed by atoms with Crippen LogP contribution in [0.15, 0.2) is 24.3 Å². The summed E-state index contributed by atoms with van der Waals surface area (Å²) in [6, 6.07) is 7.55. The fourth-order valence-electron chi connectivity index (χ4n) is 1.92. The number of rotatable bonds is 1. The smallest absolute Gasteiger partial charge is 0.0922 e. The minimum absolute atomic E-state index is 0.688. The average molecular weight is 338 g/mol. The van der Waals surface area contributed by atoms with E-state index in [0.29, 0.717) is 5.02 Å². The standard InChI is InChI=1S/C11H13ClINO/c12-10-3-1-2-9(8-10)11(15)4-6-14(13)7-5-11/h1-3,8,15H,4-7H2. The number of nitrogens with zero attached hydrogens (tertiary/aromatic N) is 1. The third-order valence-electron chi connectivity index (χ3n) is 2.90. The largest absolute Gasteiger partial charge is 0.385 e. The van der Waals surface area contributed by atoms with Crippen molar-refractivity contribution in [1.29, 1.82) is 0 Å². The summed E-state index contributed by atoms with van der Waals surface area (Å²) in [7, 11) is 0. The second-order valence-electron chi connectivity index (χ2n) is 3.95. The van der Waals surface area contributed by atoms with E-state index in [4.69, 9.17) is 11.6 Å². The van der Waals surface area contributed by atoms with Crippen molar-refractivity contribution in [3.8, 4) is 0 Å². The Hall–Kier alpha value is 0.160. The van der Waals surface area contributed by atoms with E-state index in [9.17, 15) is 5.11 Å². The van der Waals surface area contributed by atoms with Gasteiger partial charge in [0.2, 0.25) is 0 Å². The molecule has 0 aliphatic carbocycles. The van der Waals surface area contributed by atoms with Crippen LogP contribution in [0.25, 0.3) is 0 Å². The highest BCUT2D eigenvalue weighted by Gasteiger charge is 2.33. The van der Waals surface area contributed by atoms with E-state index in [1.54, 1.807) is 0 Å². The van der Waals surface area contributed by atoms with E-state index in [2.05, 4.69) is 26.0 Å². The van der Waals surface area contributed by atoms with Crippen LogP contribution in [0.4, 0.5) is 0 Å². The molecule has 0 amide bonds. The molecule has 0 aromatic heterocycles. The molecule has 1 saturated heterocycles. The number of hydrogen-bond acceptors (Lipinski definition) is 2. The van der Waals surface area contributed by atoms with Crippen molar-refractivity contribution in [1.82, 2.24) is 3.11 Å². The minimum Gasteiger partial charge on any atom is -0.385 e. The van der Waals surface area contributed by atoms with Gasteiger partial charge in [0.15, 0.2) is 0 Å². The van der Waals surface area contributed by atoms with Crippen LogP contribution in [0.2, 0.25) is 5.02 Å². The van der Waals surface area contributed by atoms with Crippen molar-refractivity contribution < 1.29 is 5.11 Å². The van der Waals surface area contributed by atoms with Crippen LogP contribution >= 0.6 is 34.5 Å². The minimum atomic E-state index is -0.688. The van der Waals surface area contributed by atoms with Crippen LogP contribution in [0.1, 0.15) is 18.4 Å². The van der Waals surface area contributed by atoms with Crippen molar-refractivity contribution in [3.63, 3.8) is 0 Å². The summed E-state index contributed by atoms with van der Waals surface area (Å²) in [4.78, 5) is 0. The Morgan fingerprint density at radius 3 is 2.60 bits per heavy atom. The monoisotopic (exact) mass is 337 g/mol. The van der Waals surface area contributed by atoms with Gasteiger partial charge < -0.3 is 5.11 Å². The van der Waals surface area contributed by atoms with Crippen LogP contribution in [-0.2, 0) is 5.60 Å². The molecular weight excluding hydrogens is 324 g/mol. The van der Waals surface area contributed by atoms with Crippen LogP contribution < -0.4 is 0 Å².